The van der Waals surface area contributed by atoms with Crippen molar-refractivity contribution in [2.24, 2.45) is 0 Å². The second-order valence-corrected chi connectivity index (χ2v) is 6.44. The first-order valence-corrected chi connectivity index (χ1v) is 7.77. The van der Waals surface area contributed by atoms with Crippen LogP contribution in [0.25, 0.3) is 0 Å². The van der Waals surface area contributed by atoms with Crippen LogP contribution >= 0.6 is 0 Å². The van der Waals surface area contributed by atoms with Crippen LogP contribution < -0.4 is 5.32 Å². The maximum atomic E-state index is 14.3. The summed E-state index contributed by atoms with van der Waals surface area (Å²) >= 11 is 0. The molecule has 1 aromatic rings. The molecule has 1 saturated heterocycles. The van der Waals surface area contributed by atoms with Crippen molar-refractivity contribution in [2.45, 2.75) is 58.5 Å². The number of hydrogen-bond acceptors (Lipinski definition) is 2. The van der Waals surface area contributed by atoms with Crippen molar-refractivity contribution in [1.82, 2.24) is 4.90 Å². The largest absolute Gasteiger partial charge is 0.383 e. The minimum absolute atomic E-state index is 0.0568. The molecule has 1 aliphatic rings. The summed E-state index contributed by atoms with van der Waals surface area (Å²) in [6.07, 6.45) is 2.12. The normalized spacial score (nSPS) is 17.9. The van der Waals surface area contributed by atoms with Crippen molar-refractivity contribution in [3.05, 3.63) is 29.6 Å². The van der Waals surface area contributed by atoms with E-state index in [0.29, 0.717) is 18.0 Å². The summed E-state index contributed by atoms with van der Waals surface area (Å²) < 4.78 is 14.3. The van der Waals surface area contributed by atoms with E-state index in [9.17, 15) is 4.39 Å². The van der Waals surface area contributed by atoms with E-state index in [-0.39, 0.29) is 5.82 Å². The van der Waals surface area contributed by atoms with Crippen LogP contribution in [0.4, 0.5) is 10.1 Å². The molecule has 1 aromatic carbocycles. The van der Waals surface area contributed by atoms with Gasteiger partial charge in [0.15, 0.2) is 0 Å². The third-order valence-corrected chi connectivity index (χ3v) is 4.16. The number of anilines is 1. The van der Waals surface area contributed by atoms with Crippen LogP contribution in [0, 0.1) is 5.82 Å². The lowest BCUT2D eigenvalue weighted by atomic mass is 9.88. The van der Waals surface area contributed by atoms with Gasteiger partial charge in [-0.25, -0.2) is 4.39 Å². The Morgan fingerprint density at radius 2 is 1.80 bits per heavy atom. The van der Waals surface area contributed by atoms with Gasteiger partial charge in [-0.15, -0.1) is 0 Å². The second-order valence-electron chi connectivity index (χ2n) is 6.44. The molecule has 0 atom stereocenters. The van der Waals surface area contributed by atoms with E-state index in [1.165, 1.54) is 0 Å². The summed E-state index contributed by atoms with van der Waals surface area (Å²) in [5.41, 5.74) is 1.77. The second kappa shape index (κ2) is 6.57. The Balaban J connectivity index is 2.03. The maximum Gasteiger partial charge on any atom is 0.128 e. The predicted octanol–water partition coefficient (Wildman–Crippen LogP) is 4.23. The Morgan fingerprint density at radius 3 is 2.30 bits per heavy atom. The van der Waals surface area contributed by atoms with Gasteiger partial charge in [0.25, 0.3) is 0 Å². The molecular formula is C17H27FN2. The smallest absolute Gasteiger partial charge is 0.128 e. The van der Waals surface area contributed by atoms with Gasteiger partial charge in [0.1, 0.15) is 5.82 Å². The first-order chi connectivity index (χ1) is 9.47. The van der Waals surface area contributed by atoms with Crippen LogP contribution in [0.3, 0.4) is 0 Å². The highest BCUT2D eigenvalue weighted by atomic mass is 19.1. The summed E-state index contributed by atoms with van der Waals surface area (Å²) in [6, 6.07) is 6.54. The Morgan fingerprint density at radius 1 is 1.15 bits per heavy atom. The summed E-state index contributed by atoms with van der Waals surface area (Å²) in [4.78, 5) is 2.48. The molecular weight excluding hydrogens is 251 g/mol. The number of piperidine rings is 1. The van der Waals surface area contributed by atoms with Crippen LogP contribution in [0.5, 0.6) is 0 Å². The Bertz CT molecular complexity index is 435. The monoisotopic (exact) mass is 278 g/mol. The summed E-state index contributed by atoms with van der Waals surface area (Å²) in [6.45, 7) is 10.7. The molecule has 2 nitrogen and oxygen atoms in total. The Labute approximate surface area is 122 Å². The molecule has 20 heavy (non-hydrogen) atoms. The minimum atomic E-state index is -0.0568. The average Bonchev–Trinajstić information content (AvgIpc) is 2.38. The lowest BCUT2D eigenvalue weighted by molar-refractivity contribution is 0.171. The highest BCUT2D eigenvalue weighted by molar-refractivity contribution is 5.46. The fourth-order valence-corrected chi connectivity index (χ4v) is 3.01. The lowest BCUT2D eigenvalue weighted by Crippen LogP contribution is -2.38. The number of hydrogen-bond donors (Lipinski definition) is 1. The third-order valence-electron chi connectivity index (χ3n) is 4.16. The fourth-order valence-electron chi connectivity index (χ4n) is 3.01. The third kappa shape index (κ3) is 3.72. The standard InChI is InChI=1S/C17H27FN2/c1-12(2)19-15-5-6-16(17(18)11-15)14-7-9-20(10-8-14)13(3)4/h5-6,11-14,19H,7-10H2,1-4H3. The zero-order chi connectivity index (χ0) is 14.7. The van der Waals surface area contributed by atoms with Crippen molar-refractivity contribution >= 4 is 5.69 Å². The first-order valence-electron chi connectivity index (χ1n) is 7.77. The van der Waals surface area contributed by atoms with Gasteiger partial charge < -0.3 is 10.2 Å². The maximum absolute atomic E-state index is 14.3. The highest BCUT2D eigenvalue weighted by Gasteiger charge is 2.24. The molecule has 2 rings (SSSR count). The highest BCUT2D eigenvalue weighted by Crippen LogP contribution is 2.31. The van der Waals surface area contributed by atoms with E-state index >= 15 is 0 Å². The van der Waals surface area contributed by atoms with Gasteiger partial charge in [-0.2, -0.15) is 0 Å². The van der Waals surface area contributed by atoms with Crippen LogP contribution in [0.1, 0.15) is 52.0 Å². The van der Waals surface area contributed by atoms with Gasteiger partial charge >= 0.3 is 0 Å². The first kappa shape index (κ1) is 15.3. The molecule has 0 unspecified atom stereocenters. The summed E-state index contributed by atoms with van der Waals surface area (Å²) in [5.74, 6) is 0.316. The number of benzene rings is 1. The molecule has 112 valence electrons. The topological polar surface area (TPSA) is 15.3 Å². The molecule has 1 fully saturated rings. The molecule has 0 bridgehead atoms. The van der Waals surface area contributed by atoms with Crippen LogP contribution in [-0.2, 0) is 0 Å². The van der Waals surface area contributed by atoms with Crippen molar-refractivity contribution in [2.75, 3.05) is 18.4 Å². The van der Waals surface area contributed by atoms with Crippen molar-refractivity contribution in [1.29, 1.82) is 0 Å². The molecule has 1 N–H and O–H groups in total. The van der Waals surface area contributed by atoms with E-state index < -0.39 is 0 Å². The van der Waals surface area contributed by atoms with Gasteiger partial charge in [0.05, 0.1) is 0 Å². The zero-order valence-corrected chi connectivity index (χ0v) is 13.1. The number of rotatable bonds is 4. The average molecular weight is 278 g/mol. The van der Waals surface area contributed by atoms with Gasteiger partial charge in [0, 0.05) is 17.8 Å². The predicted molar refractivity (Wildman–Crippen MR) is 83.8 cm³/mol. The van der Waals surface area contributed by atoms with Crippen molar-refractivity contribution < 1.29 is 4.39 Å². The van der Waals surface area contributed by atoms with Crippen molar-refractivity contribution in [3.63, 3.8) is 0 Å². The summed E-state index contributed by atoms with van der Waals surface area (Å²) in [5, 5.41) is 3.25. The number of halogens is 1. The number of nitrogens with one attached hydrogen (secondary N) is 1. The SMILES string of the molecule is CC(C)Nc1ccc(C2CCN(C(C)C)CC2)c(F)c1. The van der Waals surface area contributed by atoms with Crippen LogP contribution in [0.15, 0.2) is 18.2 Å². The molecule has 0 spiro atoms. The number of nitrogens with zero attached hydrogens (tertiary/aromatic N) is 1. The van der Waals surface area contributed by atoms with Gasteiger partial charge in [-0.3, -0.25) is 0 Å². The molecule has 0 saturated carbocycles. The van der Waals surface area contributed by atoms with E-state index in [2.05, 4.69) is 37.9 Å². The molecule has 1 heterocycles. The van der Waals surface area contributed by atoms with Gasteiger partial charge in [-0.05, 0) is 77.2 Å². The Hall–Kier alpha value is -1.09. The summed E-state index contributed by atoms with van der Waals surface area (Å²) in [7, 11) is 0. The van der Waals surface area contributed by atoms with Crippen LogP contribution in [-0.4, -0.2) is 30.1 Å². The molecule has 0 radical (unpaired) electrons. The van der Waals surface area contributed by atoms with E-state index in [1.807, 2.05) is 12.1 Å². The fraction of sp³-hybridized carbons (Fsp3) is 0.647. The molecule has 0 amide bonds. The van der Waals surface area contributed by atoms with Gasteiger partial charge in [0.2, 0.25) is 0 Å². The van der Waals surface area contributed by atoms with E-state index in [4.69, 9.17) is 0 Å². The Kier molecular flexibility index (Phi) is 5.03. The van der Waals surface area contributed by atoms with E-state index in [1.54, 1.807) is 6.07 Å². The molecule has 0 aliphatic carbocycles. The van der Waals surface area contributed by atoms with Crippen LogP contribution in [0.2, 0.25) is 0 Å². The van der Waals surface area contributed by atoms with Crippen molar-refractivity contribution in [3.8, 4) is 0 Å². The van der Waals surface area contributed by atoms with E-state index in [0.717, 1.165) is 37.2 Å². The lowest BCUT2D eigenvalue weighted by Gasteiger charge is -2.35. The molecule has 1 aliphatic heterocycles. The quantitative estimate of drug-likeness (QED) is 0.886. The zero-order valence-electron chi connectivity index (χ0n) is 13.1. The molecule has 3 heteroatoms. The minimum Gasteiger partial charge on any atom is -0.383 e. The van der Waals surface area contributed by atoms with Gasteiger partial charge in [-0.1, -0.05) is 6.07 Å². The molecule has 0 aromatic heterocycles. The number of likely N-dealkylation sites (tertiary alicyclic amines) is 1.